The Hall–Kier alpha value is -1.75. The Labute approximate surface area is 101 Å². The van der Waals surface area contributed by atoms with Crippen LogP contribution in [0.2, 0.25) is 0 Å². The van der Waals surface area contributed by atoms with Crippen LogP contribution in [0.25, 0.3) is 11.4 Å². The number of rotatable bonds is 3. The molecule has 0 saturated heterocycles. The van der Waals surface area contributed by atoms with Crippen LogP contribution in [-0.2, 0) is 12.1 Å². The van der Waals surface area contributed by atoms with Crippen molar-refractivity contribution in [1.82, 2.24) is 20.2 Å². The number of nitrogens with two attached hydrogens (primary N) is 1. The summed E-state index contributed by atoms with van der Waals surface area (Å²) in [6.45, 7) is 6.74. The van der Waals surface area contributed by atoms with Crippen molar-refractivity contribution in [3.63, 3.8) is 0 Å². The third kappa shape index (κ3) is 2.34. The van der Waals surface area contributed by atoms with Crippen molar-refractivity contribution in [3.05, 3.63) is 29.8 Å². The van der Waals surface area contributed by atoms with Crippen LogP contribution >= 0.6 is 0 Å². The average molecular weight is 231 g/mol. The fourth-order valence-electron chi connectivity index (χ4n) is 1.67. The van der Waals surface area contributed by atoms with E-state index in [4.69, 9.17) is 5.73 Å². The van der Waals surface area contributed by atoms with Gasteiger partial charge in [-0.15, -0.1) is 5.10 Å². The first kappa shape index (κ1) is 11.7. The highest BCUT2D eigenvalue weighted by atomic mass is 15.5. The zero-order valence-corrected chi connectivity index (χ0v) is 10.4. The Morgan fingerprint density at radius 3 is 2.41 bits per heavy atom. The lowest BCUT2D eigenvalue weighted by atomic mass is 9.95. The molecule has 90 valence electrons. The molecule has 0 atom stereocenters. The first-order chi connectivity index (χ1) is 8.02. The standard InChI is InChI=1S/C12H17N5/c1-4-17-11(14-15-16-17)9-5-7-10(8-6-9)12(2,3)13/h5-8H,4,13H2,1-3H3. The first-order valence-corrected chi connectivity index (χ1v) is 5.68. The first-order valence-electron chi connectivity index (χ1n) is 5.68. The van der Waals surface area contributed by atoms with Gasteiger partial charge in [0.25, 0.3) is 0 Å². The van der Waals surface area contributed by atoms with Gasteiger partial charge in [0.2, 0.25) is 0 Å². The second-order valence-corrected chi connectivity index (χ2v) is 4.62. The summed E-state index contributed by atoms with van der Waals surface area (Å²) in [7, 11) is 0. The van der Waals surface area contributed by atoms with Crippen LogP contribution in [-0.4, -0.2) is 20.2 Å². The summed E-state index contributed by atoms with van der Waals surface area (Å²) in [4.78, 5) is 0. The molecule has 17 heavy (non-hydrogen) atoms. The third-order valence-electron chi connectivity index (χ3n) is 2.72. The summed E-state index contributed by atoms with van der Waals surface area (Å²) in [5.74, 6) is 0.786. The summed E-state index contributed by atoms with van der Waals surface area (Å²) in [6, 6.07) is 8.04. The van der Waals surface area contributed by atoms with Crippen molar-refractivity contribution in [2.24, 2.45) is 5.73 Å². The third-order valence-corrected chi connectivity index (χ3v) is 2.72. The highest BCUT2D eigenvalue weighted by molar-refractivity contribution is 5.55. The van der Waals surface area contributed by atoms with Gasteiger partial charge in [-0.2, -0.15) is 0 Å². The van der Waals surface area contributed by atoms with Crippen LogP contribution in [0.5, 0.6) is 0 Å². The Morgan fingerprint density at radius 2 is 1.88 bits per heavy atom. The van der Waals surface area contributed by atoms with Gasteiger partial charge in [0, 0.05) is 17.6 Å². The number of benzene rings is 1. The van der Waals surface area contributed by atoms with Crippen LogP contribution in [0.1, 0.15) is 26.3 Å². The van der Waals surface area contributed by atoms with Crippen molar-refractivity contribution in [2.45, 2.75) is 32.9 Å². The zero-order valence-electron chi connectivity index (χ0n) is 10.4. The van der Waals surface area contributed by atoms with Crippen molar-refractivity contribution in [1.29, 1.82) is 0 Å². The molecule has 0 spiro atoms. The van der Waals surface area contributed by atoms with E-state index in [9.17, 15) is 0 Å². The molecule has 0 aliphatic rings. The highest BCUT2D eigenvalue weighted by Crippen LogP contribution is 2.21. The zero-order chi connectivity index (χ0) is 12.5. The quantitative estimate of drug-likeness (QED) is 0.870. The van der Waals surface area contributed by atoms with Gasteiger partial charge in [-0.25, -0.2) is 4.68 Å². The molecule has 0 amide bonds. The Morgan fingerprint density at radius 1 is 1.24 bits per heavy atom. The molecule has 1 aromatic heterocycles. The minimum Gasteiger partial charge on any atom is -0.322 e. The van der Waals surface area contributed by atoms with Crippen molar-refractivity contribution >= 4 is 0 Å². The number of hydrogen-bond donors (Lipinski definition) is 1. The second-order valence-electron chi connectivity index (χ2n) is 4.62. The van der Waals surface area contributed by atoms with E-state index in [0.717, 1.165) is 23.5 Å². The molecule has 0 aliphatic heterocycles. The fourth-order valence-corrected chi connectivity index (χ4v) is 1.67. The Balaban J connectivity index is 2.36. The van der Waals surface area contributed by atoms with Crippen LogP contribution in [0.3, 0.4) is 0 Å². The van der Waals surface area contributed by atoms with E-state index >= 15 is 0 Å². The lowest BCUT2D eigenvalue weighted by Crippen LogP contribution is -2.28. The fraction of sp³-hybridized carbons (Fsp3) is 0.417. The molecule has 0 aliphatic carbocycles. The SMILES string of the molecule is CCn1nnnc1-c1ccc(C(C)(C)N)cc1. The van der Waals surface area contributed by atoms with Gasteiger partial charge in [-0.3, -0.25) is 0 Å². The minimum atomic E-state index is -0.324. The summed E-state index contributed by atoms with van der Waals surface area (Å²) in [6.07, 6.45) is 0. The van der Waals surface area contributed by atoms with Crippen LogP contribution in [0, 0.1) is 0 Å². The van der Waals surface area contributed by atoms with E-state index in [1.54, 1.807) is 4.68 Å². The monoisotopic (exact) mass is 231 g/mol. The van der Waals surface area contributed by atoms with Gasteiger partial charge < -0.3 is 5.73 Å². The molecule has 2 aromatic rings. The highest BCUT2D eigenvalue weighted by Gasteiger charge is 2.14. The predicted octanol–water partition coefficient (Wildman–Crippen LogP) is 1.55. The summed E-state index contributed by atoms with van der Waals surface area (Å²) >= 11 is 0. The summed E-state index contributed by atoms with van der Waals surface area (Å²) < 4.78 is 1.77. The number of aromatic nitrogens is 4. The Kier molecular flexibility index (Phi) is 2.93. The number of tetrazole rings is 1. The molecule has 1 heterocycles. The van der Waals surface area contributed by atoms with E-state index in [2.05, 4.69) is 15.5 Å². The number of nitrogens with zero attached hydrogens (tertiary/aromatic N) is 4. The molecule has 0 unspecified atom stereocenters. The maximum absolute atomic E-state index is 6.04. The van der Waals surface area contributed by atoms with E-state index in [0.29, 0.717) is 0 Å². The molecule has 0 saturated carbocycles. The largest absolute Gasteiger partial charge is 0.322 e. The average Bonchev–Trinajstić information content (AvgIpc) is 2.76. The van der Waals surface area contributed by atoms with Gasteiger partial charge in [0.15, 0.2) is 5.82 Å². The van der Waals surface area contributed by atoms with E-state index < -0.39 is 0 Å². The molecule has 0 radical (unpaired) electrons. The molecule has 1 aromatic carbocycles. The van der Waals surface area contributed by atoms with E-state index in [1.165, 1.54) is 0 Å². The maximum Gasteiger partial charge on any atom is 0.181 e. The molecule has 5 heteroatoms. The van der Waals surface area contributed by atoms with Crippen LogP contribution in [0.4, 0.5) is 0 Å². The van der Waals surface area contributed by atoms with Crippen molar-refractivity contribution < 1.29 is 0 Å². The van der Waals surface area contributed by atoms with Gasteiger partial charge in [-0.05, 0) is 36.8 Å². The minimum absolute atomic E-state index is 0.324. The van der Waals surface area contributed by atoms with Gasteiger partial charge >= 0.3 is 0 Å². The van der Waals surface area contributed by atoms with Crippen LogP contribution in [0.15, 0.2) is 24.3 Å². The van der Waals surface area contributed by atoms with E-state index in [-0.39, 0.29) is 5.54 Å². The molecule has 0 bridgehead atoms. The second kappa shape index (κ2) is 4.25. The number of aryl methyl sites for hydroxylation is 1. The predicted molar refractivity (Wildman–Crippen MR) is 66.1 cm³/mol. The normalized spacial score (nSPS) is 11.8. The summed E-state index contributed by atoms with van der Waals surface area (Å²) in [5.41, 5.74) is 7.81. The molecule has 5 nitrogen and oxygen atoms in total. The number of hydrogen-bond acceptors (Lipinski definition) is 4. The molecule has 0 fully saturated rings. The molecule has 2 N–H and O–H groups in total. The van der Waals surface area contributed by atoms with Crippen molar-refractivity contribution in [3.8, 4) is 11.4 Å². The molecular formula is C12H17N5. The van der Waals surface area contributed by atoms with Gasteiger partial charge in [-0.1, -0.05) is 24.3 Å². The summed E-state index contributed by atoms with van der Waals surface area (Å²) in [5, 5.41) is 11.6. The topological polar surface area (TPSA) is 69.6 Å². The smallest absolute Gasteiger partial charge is 0.181 e. The van der Waals surface area contributed by atoms with E-state index in [1.807, 2.05) is 45.0 Å². The Bertz CT molecular complexity index is 492. The lowest BCUT2D eigenvalue weighted by Gasteiger charge is -2.19. The lowest BCUT2D eigenvalue weighted by molar-refractivity contribution is 0.554. The molecule has 2 rings (SSSR count). The van der Waals surface area contributed by atoms with Gasteiger partial charge in [0.1, 0.15) is 0 Å². The van der Waals surface area contributed by atoms with Gasteiger partial charge in [0.05, 0.1) is 0 Å². The van der Waals surface area contributed by atoms with Crippen molar-refractivity contribution in [2.75, 3.05) is 0 Å². The molecular weight excluding hydrogens is 214 g/mol. The maximum atomic E-state index is 6.04. The van der Waals surface area contributed by atoms with Crippen LogP contribution < -0.4 is 5.73 Å².